The van der Waals surface area contributed by atoms with Gasteiger partial charge in [-0.2, -0.15) is 0 Å². The first kappa shape index (κ1) is 18.0. The van der Waals surface area contributed by atoms with Crippen LogP contribution >= 0.6 is 27.3 Å². The number of anilines is 2. The summed E-state index contributed by atoms with van der Waals surface area (Å²) in [7, 11) is 3.34. The van der Waals surface area contributed by atoms with E-state index in [1.54, 1.807) is 23.6 Å². The van der Waals surface area contributed by atoms with Crippen molar-refractivity contribution in [1.29, 1.82) is 0 Å². The number of halogens is 1. The third-order valence-electron chi connectivity index (χ3n) is 4.75. The second kappa shape index (κ2) is 6.98. The molecule has 0 N–H and O–H groups in total. The lowest BCUT2D eigenvalue weighted by molar-refractivity contribution is -0.118. The fraction of sp³-hybridized carbons (Fsp3) is 0.200. The summed E-state index contributed by atoms with van der Waals surface area (Å²) in [6, 6.07) is 15.2. The van der Waals surface area contributed by atoms with Gasteiger partial charge < -0.3 is 4.74 Å². The smallest absolute Gasteiger partial charge is 0.308 e. The number of fused-ring (bicyclic) bond motifs is 1. The Morgan fingerprint density at radius 2 is 1.89 bits per heavy atom. The molecule has 0 aliphatic carbocycles. The Kier molecular flexibility index (Phi) is 4.65. The molecule has 1 unspecified atom stereocenters. The van der Waals surface area contributed by atoms with E-state index in [4.69, 9.17) is 4.74 Å². The van der Waals surface area contributed by atoms with Gasteiger partial charge in [0.2, 0.25) is 5.91 Å². The lowest BCUT2D eigenvalue weighted by atomic mass is 9.90. The highest BCUT2D eigenvalue weighted by Gasteiger charge is 2.37. The Morgan fingerprint density at radius 3 is 2.56 bits per heavy atom. The van der Waals surface area contributed by atoms with Crippen molar-refractivity contribution in [1.82, 2.24) is 4.57 Å². The van der Waals surface area contributed by atoms with E-state index in [0.717, 1.165) is 26.4 Å². The predicted octanol–water partition coefficient (Wildman–Crippen LogP) is 4.42. The van der Waals surface area contributed by atoms with Crippen molar-refractivity contribution in [2.24, 2.45) is 7.05 Å². The number of rotatable bonds is 3. The normalized spacial score (nSPS) is 16.3. The molecule has 1 atom stereocenters. The minimum atomic E-state index is -0.138. The van der Waals surface area contributed by atoms with Crippen molar-refractivity contribution in [2.75, 3.05) is 12.0 Å². The van der Waals surface area contributed by atoms with Crippen molar-refractivity contribution in [3.63, 3.8) is 0 Å². The van der Waals surface area contributed by atoms with E-state index in [9.17, 15) is 9.59 Å². The summed E-state index contributed by atoms with van der Waals surface area (Å²) in [5, 5.41) is 0. The summed E-state index contributed by atoms with van der Waals surface area (Å²) < 4.78 is 7.67. The van der Waals surface area contributed by atoms with Crippen molar-refractivity contribution in [3.05, 3.63) is 73.1 Å². The van der Waals surface area contributed by atoms with Crippen LogP contribution in [0.25, 0.3) is 0 Å². The molecule has 0 saturated carbocycles. The molecule has 3 aromatic rings. The Balaban J connectivity index is 1.86. The summed E-state index contributed by atoms with van der Waals surface area (Å²) >= 11 is 4.66. The molecule has 0 spiro atoms. The number of methoxy groups -OCH3 is 1. The van der Waals surface area contributed by atoms with Gasteiger partial charge in [0.25, 0.3) is 0 Å². The predicted molar refractivity (Wildman–Crippen MR) is 110 cm³/mol. The second-order valence-corrected chi connectivity index (χ2v) is 8.26. The zero-order chi connectivity index (χ0) is 19.1. The highest BCUT2D eigenvalue weighted by atomic mass is 79.9. The van der Waals surface area contributed by atoms with Gasteiger partial charge in [-0.05, 0) is 35.9 Å². The van der Waals surface area contributed by atoms with Crippen LogP contribution in [0.3, 0.4) is 0 Å². The largest absolute Gasteiger partial charge is 0.497 e. The zero-order valence-electron chi connectivity index (χ0n) is 14.8. The number of hydrogen-bond donors (Lipinski definition) is 0. The summed E-state index contributed by atoms with van der Waals surface area (Å²) in [5.74, 6) is 1.24. The van der Waals surface area contributed by atoms with Gasteiger partial charge in [-0.1, -0.05) is 45.5 Å². The minimum absolute atomic E-state index is 0.0326. The Hall–Kier alpha value is -2.38. The maximum atomic E-state index is 13.1. The van der Waals surface area contributed by atoms with Crippen LogP contribution < -0.4 is 14.5 Å². The molecular weight excluding hydrogens is 428 g/mol. The van der Waals surface area contributed by atoms with Gasteiger partial charge in [0.05, 0.1) is 17.7 Å². The van der Waals surface area contributed by atoms with Crippen LogP contribution in [-0.2, 0) is 11.8 Å². The average molecular weight is 445 g/mol. The SMILES string of the molecule is COc1ccc(C2CC(=O)N(c3cccc(Br)c3)c3c2sc(=O)n3C)cc1. The lowest BCUT2D eigenvalue weighted by Crippen LogP contribution is -2.34. The molecule has 2 heterocycles. The van der Waals surface area contributed by atoms with E-state index < -0.39 is 0 Å². The third kappa shape index (κ3) is 3.11. The van der Waals surface area contributed by atoms with Gasteiger partial charge in [-0.3, -0.25) is 19.1 Å². The Morgan fingerprint density at radius 1 is 1.15 bits per heavy atom. The summed E-state index contributed by atoms with van der Waals surface area (Å²) in [6.07, 6.45) is 0.311. The first-order valence-electron chi connectivity index (χ1n) is 8.41. The molecule has 138 valence electrons. The third-order valence-corrected chi connectivity index (χ3v) is 6.38. The van der Waals surface area contributed by atoms with E-state index in [1.807, 2.05) is 48.5 Å². The topological polar surface area (TPSA) is 51.5 Å². The van der Waals surface area contributed by atoms with Crippen LogP contribution in [0.15, 0.2) is 57.8 Å². The summed E-state index contributed by atoms with van der Waals surface area (Å²) in [4.78, 5) is 28.0. The molecule has 0 bridgehead atoms. The summed E-state index contributed by atoms with van der Waals surface area (Å²) in [6.45, 7) is 0. The van der Waals surface area contributed by atoms with Gasteiger partial charge in [-0.25, -0.2) is 0 Å². The van der Waals surface area contributed by atoms with Crippen molar-refractivity contribution in [3.8, 4) is 5.75 Å². The summed E-state index contributed by atoms with van der Waals surface area (Å²) in [5.41, 5.74) is 1.75. The highest BCUT2D eigenvalue weighted by Crippen LogP contribution is 2.44. The number of hydrogen-bond acceptors (Lipinski definition) is 4. The van der Waals surface area contributed by atoms with Gasteiger partial charge in [-0.15, -0.1) is 0 Å². The van der Waals surface area contributed by atoms with Crippen molar-refractivity contribution < 1.29 is 9.53 Å². The van der Waals surface area contributed by atoms with Gasteiger partial charge in [0.15, 0.2) is 0 Å². The fourth-order valence-electron chi connectivity index (χ4n) is 3.41. The van der Waals surface area contributed by atoms with Gasteiger partial charge in [0.1, 0.15) is 11.6 Å². The lowest BCUT2D eigenvalue weighted by Gasteiger charge is -2.32. The van der Waals surface area contributed by atoms with E-state index in [0.29, 0.717) is 12.2 Å². The molecular formula is C20H17BrN2O3S. The number of carbonyl (C=O) groups is 1. The highest BCUT2D eigenvalue weighted by molar-refractivity contribution is 9.10. The van der Waals surface area contributed by atoms with Crippen LogP contribution in [0.2, 0.25) is 0 Å². The number of thiazole rings is 1. The van der Waals surface area contributed by atoms with Gasteiger partial charge in [0, 0.05) is 23.9 Å². The molecule has 1 amide bonds. The van der Waals surface area contributed by atoms with Crippen LogP contribution in [-0.4, -0.2) is 17.6 Å². The first-order valence-corrected chi connectivity index (χ1v) is 10.0. The molecule has 0 fully saturated rings. The van der Waals surface area contributed by atoms with E-state index in [2.05, 4.69) is 15.9 Å². The molecule has 1 aromatic heterocycles. The number of aromatic nitrogens is 1. The van der Waals surface area contributed by atoms with Crippen LogP contribution in [0.5, 0.6) is 5.75 Å². The number of carbonyl (C=O) groups excluding carboxylic acids is 1. The van der Waals surface area contributed by atoms with Crippen LogP contribution in [0, 0.1) is 0 Å². The van der Waals surface area contributed by atoms with E-state index in [1.165, 1.54) is 11.3 Å². The van der Waals surface area contributed by atoms with Crippen LogP contribution in [0.4, 0.5) is 11.5 Å². The molecule has 27 heavy (non-hydrogen) atoms. The first-order chi connectivity index (χ1) is 13.0. The Labute approximate surface area is 168 Å². The maximum absolute atomic E-state index is 13.1. The quantitative estimate of drug-likeness (QED) is 0.600. The van der Waals surface area contributed by atoms with Crippen molar-refractivity contribution in [2.45, 2.75) is 12.3 Å². The molecule has 0 saturated heterocycles. The molecule has 1 aliphatic rings. The van der Waals surface area contributed by atoms with Crippen molar-refractivity contribution >= 4 is 44.7 Å². The zero-order valence-corrected chi connectivity index (χ0v) is 17.2. The fourth-order valence-corrected chi connectivity index (χ4v) is 4.89. The second-order valence-electron chi connectivity index (χ2n) is 6.35. The molecule has 1 aliphatic heterocycles. The molecule has 7 heteroatoms. The number of ether oxygens (including phenoxy) is 1. The van der Waals surface area contributed by atoms with E-state index in [-0.39, 0.29) is 16.7 Å². The average Bonchev–Trinajstić information content (AvgIpc) is 2.96. The number of amides is 1. The maximum Gasteiger partial charge on any atom is 0.308 e. The number of benzene rings is 2. The molecule has 0 radical (unpaired) electrons. The minimum Gasteiger partial charge on any atom is -0.497 e. The van der Waals surface area contributed by atoms with E-state index >= 15 is 0 Å². The van der Waals surface area contributed by atoms with Crippen LogP contribution in [0.1, 0.15) is 22.8 Å². The van der Waals surface area contributed by atoms with Gasteiger partial charge >= 0.3 is 4.87 Å². The molecule has 4 rings (SSSR count). The number of nitrogens with zero attached hydrogens (tertiary/aromatic N) is 2. The Bertz CT molecular complexity index is 1070. The standard InChI is InChI=1S/C20H17BrN2O3S/c1-22-19-18(27-20(22)25)16(12-6-8-15(26-2)9-7-12)11-17(24)23(19)14-5-3-4-13(21)10-14/h3-10,16H,11H2,1-2H3. The molecule has 2 aromatic carbocycles. The molecule has 5 nitrogen and oxygen atoms in total. The monoisotopic (exact) mass is 444 g/mol.